The van der Waals surface area contributed by atoms with Gasteiger partial charge in [0.05, 0.1) is 35.9 Å². The first-order valence-electron chi connectivity index (χ1n) is 8.01. The van der Waals surface area contributed by atoms with Gasteiger partial charge in [0.1, 0.15) is 0 Å². The van der Waals surface area contributed by atoms with Gasteiger partial charge in [0.2, 0.25) is 5.91 Å². The smallest absolute Gasteiger partial charge is 0.401 e. The Kier molecular flexibility index (Phi) is 3.25. The van der Waals surface area contributed by atoms with Gasteiger partial charge in [0.15, 0.2) is 0 Å². The first kappa shape index (κ1) is 16.4. The fraction of sp³-hybridized carbons (Fsp3) is 0.667. The molecule has 4 fully saturated rings. The van der Waals surface area contributed by atoms with Crippen LogP contribution in [-0.2, 0) is 15.1 Å². The van der Waals surface area contributed by atoms with E-state index in [4.69, 9.17) is 0 Å². The van der Waals surface area contributed by atoms with Crippen molar-refractivity contribution in [2.45, 2.75) is 31.0 Å². The second-order valence-electron chi connectivity index (χ2n) is 7.35. The number of hydrogen-bond acceptors (Lipinski definition) is 4. The predicted octanol–water partition coefficient (Wildman–Crippen LogP) is 1.06. The summed E-state index contributed by atoms with van der Waals surface area (Å²) >= 11 is 0. The molecule has 0 atom stereocenters. The Morgan fingerprint density at radius 1 is 1.28 bits per heavy atom. The summed E-state index contributed by atoms with van der Waals surface area (Å²) in [6, 6.07) is 0. The average molecular weight is 358 g/mol. The highest BCUT2D eigenvalue weighted by atomic mass is 19.4. The predicted molar refractivity (Wildman–Crippen MR) is 79.0 cm³/mol. The van der Waals surface area contributed by atoms with E-state index in [1.807, 2.05) is 0 Å². The van der Waals surface area contributed by atoms with Crippen LogP contribution in [0.15, 0.2) is 12.4 Å². The number of piperazine rings is 1. The van der Waals surface area contributed by atoms with Crippen LogP contribution in [0.1, 0.15) is 19.3 Å². The third-order valence-electron chi connectivity index (χ3n) is 5.53. The molecule has 1 amide bonds. The molecule has 2 heterocycles. The zero-order chi connectivity index (χ0) is 18.0. The summed E-state index contributed by atoms with van der Waals surface area (Å²) in [5, 5.41) is 13.4. The SMILES string of the molecule is O=C1CN(CC(F)(F)F)CCN1c1cnn(C23CC(C(=O)O)(C2)C3)c1. The topological polar surface area (TPSA) is 78.7 Å². The molecule has 3 saturated carbocycles. The summed E-state index contributed by atoms with van der Waals surface area (Å²) in [5.74, 6) is -1.17. The molecular formula is C15H17F3N4O3. The van der Waals surface area contributed by atoms with Gasteiger partial charge in [0.25, 0.3) is 0 Å². The van der Waals surface area contributed by atoms with E-state index in [1.54, 1.807) is 10.9 Å². The minimum absolute atomic E-state index is 0.143. The van der Waals surface area contributed by atoms with E-state index >= 15 is 0 Å². The van der Waals surface area contributed by atoms with E-state index in [0.29, 0.717) is 24.9 Å². The maximum Gasteiger partial charge on any atom is 0.401 e. The van der Waals surface area contributed by atoms with Gasteiger partial charge >= 0.3 is 12.1 Å². The van der Waals surface area contributed by atoms with Crippen LogP contribution in [0.2, 0.25) is 0 Å². The molecule has 10 heteroatoms. The van der Waals surface area contributed by atoms with Crippen molar-refractivity contribution < 1.29 is 27.9 Å². The van der Waals surface area contributed by atoms with E-state index in [0.717, 1.165) is 4.90 Å². The molecule has 1 N–H and O–H groups in total. The Morgan fingerprint density at radius 3 is 2.52 bits per heavy atom. The number of amides is 1. The number of rotatable bonds is 4. The van der Waals surface area contributed by atoms with Gasteiger partial charge in [-0.15, -0.1) is 0 Å². The quantitative estimate of drug-likeness (QED) is 0.871. The zero-order valence-corrected chi connectivity index (χ0v) is 13.3. The lowest BCUT2D eigenvalue weighted by molar-refractivity contribution is -0.216. The number of aromatic nitrogens is 2. The maximum atomic E-state index is 12.4. The molecule has 1 aromatic rings. The van der Waals surface area contributed by atoms with Gasteiger partial charge in [-0.25, -0.2) is 0 Å². The molecule has 0 radical (unpaired) electrons. The van der Waals surface area contributed by atoms with Crippen LogP contribution in [0.4, 0.5) is 18.9 Å². The van der Waals surface area contributed by atoms with Gasteiger partial charge in [-0.05, 0) is 19.3 Å². The summed E-state index contributed by atoms with van der Waals surface area (Å²) in [5.41, 5.74) is -0.353. The van der Waals surface area contributed by atoms with Crippen LogP contribution >= 0.6 is 0 Å². The molecule has 1 saturated heterocycles. The third kappa shape index (κ3) is 2.50. The Balaban J connectivity index is 1.41. The van der Waals surface area contributed by atoms with Gasteiger partial charge in [0, 0.05) is 19.3 Å². The molecule has 0 spiro atoms. The van der Waals surface area contributed by atoms with Gasteiger partial charge < -0.3 is 10.0 Å². The number of anilines is 1. The lowest BCUT2D eigenvalue weighted by Gasteiger charge is -2.67. The van der Waals surface area contributed by atoms with Crippen LogP contribution < -0.4 is 4.90 Å². The van der Waals surface area contributed by atoms with Gasteiger partial charge in [-0.1, -0.05) is 0 Å². The highest BCUT2D eigenvalue weighted by molar-refractivity contribution is 5.95. The van der Waals surface area contributed by atoms with Crippen molar-refractivity contribution in [1.29, 1.82) is 0 Å². The van der Waals surface area contributed by atoms with Crippen molar-refractivity contribution in [3.8, 4) is 0 Å². The zero-order valence-electron chi connectivity index (χ0n) is 13.3. The largest absolute Gasteiger partial charge is 0.481 e. The maximum absolute atomic E-state index is 12.4. The minimum atomic E-state index is -4.32. The van der Waals surface area contributed by atoms with E-state index in [1.165, 1.54) is 11.1 Å². The molecule has 2 bridgehead atoms. The molecule has 136 valence electrons. The van der Waals surface area contributed by atoms with E-state index in [9.17, 15) is 27.9 Å². The van der Waals surface area contributed by atoms with E-state index in [-0.39, 0.29) is 25.2 Å². The van der Waals surface area contributed by atoms with Crippen LogP contribution in [0, 0.1) is 5.41 Å². The molecule has 4 aliphatic rings. The van der Waals surface area contributed by atoms with Crippen LogP contribution in [0.5, 0.6) is 0 Å². The number of aliphatic carboxylic acids is 1. The van der Waals surface area contributed by atoms with E-state index in [2.05, 4.69) is 5.10 Å². The molecule has 7 nitrogen and oxygen atoms in total. The second-order valence-corrected chi connectivity index (χ2v) is 7.35. The number of hydrogen-bond donors (Lipinski definition) is 1. The first-order chi connectivity index (χ1) is 11.6. The highest BCUT2D eigenvalue weighted by Gasteiger charge is 2.73. The lowest BCUT2D eigenvalue weighted by atomic mass is 9.39. The second kappa shape index (κ2) is 4.96. The van der Waals surface area contributed by atoms with Crippen molar-refractivity contribution in [1.82, 2.24) is 14.7 Å². The molecule has 25 heavy (non-hydrogen) atoms. The molecular weight excluding hydrogens is 341 g/mol. The summed E-state index contributed by atoms with van der Waals surface area (Å²) in [4.78, 5) is 25.9. The number of carbonyl (C=O) groups excluding carboxylic acids is 1. The monoisotopic (exact) mass is 358 g/mol. The summed E-state index contributed by atoms with van der Waals surface area (Å²) in [6.45, 7) is -1.06. The Bertz CT molecular complexity index is 725. The standard InChI is InChI=1S/C15H17F3N4O3/c16-15(17,18)9-20-1-2-21(11(23)5-20)10-3-19-22(4-10)14-6-13(7-14,8-14)12(24)25/h3-4H,1-2,5-9H2,(H,24,25). The number of alkyl halides is 3. The molecule has 1 aliphatic heterocycles. The number of halogens is 3. The first-order valence-corrected chi connectivity index (χ1v) is 8.01. The molecule has 1 aromatic heterocycles. The molecule has 0 unspecified atom stereocenters. The van der Waals surface area contributed by atoms with Crippen molar-refractivity contribution in [3.05, 3.63) is 12.4 Å². The fourth-order valence-corrected chi connectivity index (χ4v) is 4.30. The van der Waals surface area contributed by atoms with Crippen molar-refractivity contribution in [3.63, 3.8) is 0 Å². The van der Waals surface area contributed by atoms with Gasteiger partial charge in [-0.3, -0.25) is 19.2 Å². The summed E-state index contributed by atoms with van der Waals surface area (Å²) < 4.78 is 39.0. The summed E-state index contributed by atoms with van der Waals surface area (Å²) in [7, 11) is 0. The third-order valence-corrected chi connectivity index (χ3v) is 5.53. The van der Waals surface area contributed by atoms with Gasteiger partial charge in [-0.2, -0.15) is 18.3 Å². The highest BCUT2D eigenvalue weighted by Crippen LogP contribution is 2.71. The number of carboxylic acid groups (broad SMARTS) is 1. The van der Waals surface area contributed by atoms with Crippen LogP contribution in [0.3, 0.4) is 0 Å². The number of carboxylic acids is 1. The lowest BCUT2D eigenvalue weighted by Crippen LogP contribution is -2.70. The summed E-state index contributed by atoms with van der Waals surface area (Å²) in [6.07, 6.45) is 0.488. The Labute approximate surface area is 141 Å². The molecule has 0 aromatic carbocycles. The van der Waals surface area contributed by atoms with Crippen LogP contribution in [0.25, 0.3) is 0 Å². The van der Waals surface area contributed by atoms with Crippen molar-refractivity contribution >= 4 is 17.6 Å². The minimum Gasteiger partial charge on any atom is -0.481 e. The normalized spacial score (nSPS) is 32.3. The van der Waals surface area contributed by atoms with Crippen molar-refractivity contribution in [2.75, 3.05) is 31.1 Å². The molecule has 5 rings (SSSR count). The average Bonchev–Trinajstić information content (AvgIpc) is 2.82. The van der Waals surface area contributed by atoms with Crippen LogP contribution in [-0.4, -0.2) is 64.0 Å². The fourth-order valence-electron chi connectivity index (χ4n) is 4.30. The number of nitrogens with zero attached hydrogens (tertiary/aromatic N) is 4. The number of carbonyl (C=O) groups is 2. The Hall–Kier alpha value is -2.10. The Morgan fingerprint density at radius 2 is 1.96 bits per heavy atom. The van der Waals surface area contributed by atoms with E-state index < -0.39 is 30.0 Å². The van der Waals surface area contributed by atoms with Crippen molar-refractivity contribution in [2.24, 2.45) is 5.41 Å². The molecule has 3 aliphatic carbocycles.